The molecule has 13 heteroatoms. The second kappa shape index (κ2) is 9.30. The predicted octanol–water partition coefficient (Wildman–Crippen LogP) is 4.43. The van der Waals surface area contributed by atoms with Gasteiger partial charge in [-0.3, -0.25) is 9.36 Å². The number of halogens is 6. The van der Waals surface area contributed by atoms with Gasteiger partial charge < -0.3 is 9.30 Å². The van der Waals surface area contributed by atoms with Crippen LogP contribution in [0.3, 0.4) is 0 Å². The minimum Gasteiger partial charge on any atom is -0.361 e. The Balaban J connectivity index is 1.98. The third kappa shape index (κ3) is 4.78. The summed E-state index contributed by atoms with van der Waals surface area (Å²) in [5.41, 5.74) is -5.38. The maximum absolute atomic E-state index is 13.4. The van der Waals surface area contributed by atoms with Crippen molar-refractivity contribution in [2.24, 2.45) is 0 Å². The first-order valence-corrected chi connectivity index (χ1v) is 10.5. The number of aromatic nitrogens is 4. The van der Waals surface area contributed by atoms with E-state index < -0.39 is 46.8 Å². The highest BCUT2D eigenvalue weighted by atomic mass is 19.4. The van der Waals surface area contributed by atoms with E-state index in [4.69, 9.17) is 4.74 Å². The molecule has 0 unspecified atom stereocenters. The highest BCUT2D eigenvalue weighted by molar-refractivity contribution is 5.72. The maximum atomic E-state index is 13.4. The largest absolute Gasteiger partial charge is 0.416 e. The molecule has 0 N–H and O–H groups in total. The summed E-state index contributed by atoms with van der Waals surface area (Å²) in [5.74, 6) is 0. The number of hydrogen-bond acceptors (Lipinski definition) is 4. The number of nitrogens with zero attached hydrogens (tertiary/aromatic N) is 4. The fourth-order valence-corrected chi connectivity index (χ4v) is 3.71. The number of para-hydroxylation sites is 1. The van der Waals surface area contributed by atoms with Crippen LogP contribution in [0.1, 0.15) is 23.6 Å². The summed E-state index contributed by atoms with van der Waals surface area (Å²) in [6.45, 7) is 1.05. The zero-order valence-electron chi connectivity index (χ0n) is 18.6. The van der Waals surface area contributed by atoms with Gasteiger partial charge in [-0.05, 0) is 42.8 Å². The maximum Gasteiger partial charge on any atom is 0.416 e. The Kier molecular flexibility index (Phi) is 6.52. The van der Waals surface area contributed by atoms with Crippen molar-refractivity contribution < 1.29 is 31.1 Å². The van der Waals surface area contributed by atoms with E-state index in [1.54, 1.807) is 37.3 Å². The number of ether oxygens (including phenoxy) is 1. The molecule has 0 bridgehead atoms. The Hall–Kier alpha value is -3.87. The first-order valence-electron chi connectivity index (χ1n) is 10.5. The van der Waals surface area contributed by atoms with Crippen LogP contribution in [0.4, 0.5) is 26.3 Å². The molecule has 4 aromatic rings. The van der Waals surface area contributed by atoms with Crippen LogP contribution in [0, 0.1) is 0 Å². The molecular weight excluding hydrogens is 494 g/mol. The average Bonchev–Trinajstić information content (AvgIpc) is 3.23. The molecule has 2 aromatic carbocycles. The number of benzene rings is 2. The van der Waals surface area contributed by atoms with Gasteiger partial charge in [-0.1, -0.05) is 18.2 Å². The first kappa shape index (κ1) is 25.2. The second-order valence-electron chi connectivity index (χ2n) is 7.77. The van der Waals surface area contributed by atoms with Crippen LogP contribution in [0.25, 0.3) is 16.9 Å². The van der Waals surface area contributed by atoms with Crippen LogP contribution in [0.2, 0.25) is 0 Å². The van der Waals surface area contributed by atoms with Crippen molar-refractivity contribution in [3.8, 4) is 5.69 Å². The SMILES string of the molecule is CCOCn1cnc2c1c(=O)n(Cc1cc(C(F)(F)F)cc(C(F)(F)F)c1)c(=O)n2-c1ccccc1. The van der Waals surface area contributed by atoms with E-state index in [1.807, 2.05) is 0 Å². The molecule has 0 saturated carbocycles. The molecule has 0 amide bonds. The highest BCUT2D eigenvalue weighted by Gasteiger charge is 2.37. The minimum absolute atomic E-state index is 0.0190. The third-order valence-electron chi connectivity index (χ3n) is 5.34. The average molecular weight is 512 g/mol. The Morgan fingerprint density at radius 2 is 1.53 bits per heavy atom. The van der Waals surface area contributed by atoms with Gasteiger partial charge in [0, 0.05) is 6.61 Å². The van der Waals surface area contributed by atoms with Gasteiger partial charge >= 0.3 is 18.0 Å². The molecule has 0 aliphatic carbocycles. The van der Waals surface area contributed by atoms with Crippen LogP contribution in [-0.4, -0.2) is 25.3 Å². The Labute approximate surface area is 198 Å². The fraction of sp³-hybridized carbons (Fsp3) is 0.261. The van der Waals surface area contributed by atoms with E-state index in [2.05, 4.69) is 4.98 Å². The summed E-state index contributed by atoms with van der Waals surface area (Å²) in [5, 5.41) is 0. The molecule has 0 saturated heterocycles. The second-order valence-corrected chi connectivity index (χ2v) is 7.77. The fourth-order valence-electron chi connectivity index (χ4n) is 3.71. The first-order chi connectivity index (χ1) is 16.9. The van der Waals surface area contributed by atoms with Crippen molar-refractivity contribution >= 4 is 11.2 Å². The van der Waals surface area contributed by atoms with E-state index in [1.165, 1.54) is 10.9 Å². The van der Waals surface area contributed by atoms with Crippen molar-refractivity contribution in [3.05, 3.63) is 92.4 Å². The van der Waals surface area contributed by atoms with E-state index >= 15 is 0 Å². The summed E-state index contributed by atoms with van der Waals surface area (Å²) < 4.78 is 88.3. The molecule has 0 aliphatic rings. The predicted molar refractivity (Wildman–Crippen MR) is 117 cm³/mol. The Morgan fingerprint density at radius 1 is 0.917 bits per heavy atom. The van der Waals surface area contributed by atoms with E-state index in [0.717, 1.165) is 4.57 Å². The van der Waals surface area contributed by atoms with Gasteiger partial charge in [-0.25, -0.2) is 14.3 Å². The molecule has 4 rings (SSSR count). The van der Waals surface area contributed by atoms with Crippen molar-refractivity contribution in [1.82, 2.24) is 18.7 Å². The molecule has 7 nitrogen and oxygen atoms in total. The molecule has 0 spiro atoms. The third-order valence-corrected chi connectivity index (χ3v) is 5.34. The zero-order valence-corrected chi connectivity index (χ0v) is 18.6. The lowest BCUT2D eigenvalue weighted by Crippen LogP contribution is -2.40. The molecule has 36 heavy (non-hydrogen) atoms. The molecule has 0 aliphatic heterocycles. The monoisotopic (exact) mass is 512 g/mol. The smallest absolute Gasteiger partial charge is 0.361 e. The lowest BCUT2D eigenvalue weighted by Gasteiger charge is -2.16. The van der Waals surface area contributed by atoms with Crippen LogP contribution in [0.5, 0.6) is 0 Å². The Bertz CT molecular complexity index is 1490. The standard InChI is InChI=1S/C23H18F6N4O3/c1-2-36-13-31-12-30-19-18(31)20(34)32(21(35)33(19)17-6-4-3-5-7-17)11-14-8-15(22(24,25)26)10-16(9-14)23(27,28)29/h3-10,12H,2,11,13H2,1H3. The molecule has 0 radical (unpaired) electrons. The van der Waals surface area contributed by atoms with E-state index in [9.17, 15) is 35.9 Å². The Morgan fingerprint density at radius 3 is 2.08 bits per heavy atom. The van der Waals surface area contributed by atoms with Gasteiger partial charge in [0.2, 0.25) is 0 Å². The van der Waals surface area contributed by atoms with Crippen LogP contribution >= 0.6 is 0 Å². The zero-order chi connectivity index (χ0) is 26.3. The van der Waals surface area contributed by atoms with Gasteiger partial charge in [0.15, 0.2) is 11.2 Å². The quantitative estimate of drug-likeness (QED) is 0.359. The molecule has 0 fully saturated rings. The number of fused-ring (bicyclic) bond motifs is 1. The molecule has 2 aromatic heterocycles. The van der Waals surface area contributed by atoms with E-state index in [0.29, 0.717) is 22.4 Å². The number of hydrogen-bond donors (Lipinski definition) is 0. The summed E-state index contributed by atoms with van der Waals surface area (Å²) in [4.78, 5) is 30.9. The minimum atomic E-state index is -5.08. The van der Waals surface area contributed by atoms with Crippen LogP contribution in [0.15, 0.2) is 64.4 Å². The highest BCUT2D eigenvalue weighted by Crippen LogP contribution is 2.36. The van der Waals surface area contributed by atoms with Gasteiger partial charge in [-0.2, -0.15) is 26.3 Å². The van der Waals surface area contributed by atoms with Crippen molar-refractivity contribution in [2.45, 2.75) is 32.6 Å². The summed E-state index contributed by atoms with van der Waals surface area (Å²) in [6.07, 6.45) is -8.90. The van der Waals surface area contributed by atoms with Crippen molar-refractivity contribution in [2.75, 3.05) is 6.61 Å². The van der Waals surface area contributed by atoms with Gasteiger partial charge in [0.05, 0.1) is 29.7 Å². The lowest BCUT2D eigenvalue weighted by atomic mass is 10.0. The van der Waals surface area contributed by atoms with Crippen LogP contribution < -0.4 is 11.2 Å². The topological polar surface area (TPSA) is 71.1 Å². The molecule has 190 valence electrons. The molecule has 2 heterocycles. The number of rotatable bonds is 6. The van der Waals surface area contributed by atoms with Crippen molar-refractivity contribution in [1.29, 1.82) is 0 Å². The normalized spacial score (nSPS) is 12.4. The van der Waals surface area contributed by atoms with Crippen LogP contribution in [-0.2, 0) is 30.4 Å². The van der Waals surface area contributed by atoms with Crippen molar-refractivity contribution in [3.63, 3.8) is 0 Å². The summed E-state index contributed by atoms with van der Waals surface area (Å²) in [6, 6.07) is 8.94. The summed E-state index contributed by atoms with van der Waals surface area (Å²) >= 11 is 0. The van der Waals surface area contributed by atoms with Gasteiger partial charge in [0.1, 0.15) is 6.73 Å². The molecular formula is C23H18F6N4O3. The number of alkyl halides is 6. The lowest BCUT2D eigenvalue weighted by molar-refractivity contribution is -0.143. The van der Waals surface area contributed by atoms with Gasteiger partial charge in [0.25, 0.3) is 5.56 Å². The van der Waals surface area contributed by atoms with Gasteiger partial charge in [-0.15, -0.1) is 0 Å². The van der Waals surface area contributed by atoms with E-state index in [-0.39, 0.29) is 30.6 Å². The summed E-state index contributed by atoms with van der Waals surface area (Å²) in [7, 11) is 0. The number of imidazole rings is 1. The molecule has 0 atom stereocenters.